The number of anilines is 2. The number of phenolic OH excluding ortho intramolecular Hbond substituents is 1. The van der Waals surface area contributed by atoms with Crippen LogP contribution in [-0.2, 0) is 16.1 Å². The van der Waals surface area contributed by atoms with E-state index in [4.69, 9.17) is 5.73 Å². The van der Waals surface area contributed by atoms with E-state index in [2.05, 4.69) is 43.2 Å². The first-order valence-electron chi connectivity index (χ1n) is 17.4. The van der Waals surface area contributed by atoms with Crippen LogP contribution in [0.5, 0.6) is 5.75 Å². The van der Waals surface area contributed by atoms with Crippen LogP contribution >= 0.6 is 0 Å². The molecule has 2 saturated carbocycles. The Labute approximate surface area is 285 Å². The van der Waals surface area contributed by atoms with E-state index in [0.29, 0.717) is 58.5 Å². The van der Waals surface area contributed by atoms with Crippen molar-refractivity contribution >= 4 is 29.2 Å². The summed E-state index contributed by atoms with van der Waals surface area (Å²) in [7, 11) is 0. The minimum Gasteiger partial charge on any atom is -0.507 e. The average Bonchev–Trinajstić information content (AvgIpc) is 3.42. The van der Waals surface area contributed by atoms with Gasteiger partial charge in [0.05, 0.1) is 11.3 Å². The molecule has 4 N–H and O–H groups in total. The van der Waals surface area contributed by atoms with Crippen LogP contribution in [0.1, 0.15) is 72.9 Å². The third-order valence-electron chi connectivity index (χ3n) is 11.5. The number of phenols is 1. The van der Waals surface area contributed by atoms with Gasteiger partial charge in [0.1, 0.15) is 11.8 Å². The fraction of sp³-hybridized carbons (Fsp3) is 0.447. The summed E-state index contributed by atoms with van der Waals surface area (Å²) >= 11 is 0. The maximum Gasteiger partial charge on any atom is 0.255 e. The van der Waals surface area contributed by atoms with Crippen LogP contribution in [0, 0.1) is 23.2 Å². The third-order valence-corrected chi connectivity index (χ3v) is 11.5. The molecule has 5 aliphatic rings. The largest absolute Gasteiger partial charge is 0.507 e. The molecule has 252 valence electrons. The molecule has 2 aliphatic carbocycles. The van der Waals surface area contributed by atoms with Crippen molar-refractivity contribution in [2.24, 2.45) is 11.3 Å². The molecule has 2 aromatic carbocycles. The van der Waals surface area contributed by atoms with Crippen molar-refractivity contribution in [2.45, 2.75) is 70.0 Å². The van der Waals surface area contributed by atoms with Crippen molar-refractivity contribution < 1.29 is 19.5 Å². The molecule has 3 aliphatic heterocycles. The lowest BCUT2D eigenvalue weighted by atomic mass is 9.55. The van der Waals surface area contributed by atoms with Crippen molar-refractivity contribution in [1.82, 2.24) is 25.3 Å². The minimum atomic E-state index is -0.590. The highest BCUT2D eigenvalue weighted by Crippen LogP contribution is 2.55. The first-order valence-corrected chi connectivity index (χ1v) is 17.4. The van der Waals surface area contributed by atoms with Gasteiger partial charge in [0.2, 0.25) is 11.8 Å². The highest BCUT2D eigenvalue weighted by molar-refractivity contribution is 6.05. The highest BCUT2D eigenvalue weighted by atomic mass is 16.3. The SMILES string of the molecule is Nc1nnc(-c2ccccc2O)cc1C#CC1CC2(CCC(N3CCN(c4ccc5c(c4)CN(C4CCC(=O)NC4=O)C5=O)CC3)CC2)C1. The average molecular weight is 660 g/mol. The number of fused-ring (bicyclic) bond motifs is 1. The molecule has 4 heterocycles. The highest BCUT2D eigenvalue weighted by Gasteiger charge is 2.46. The number of hydrogen-bond acceptors (Lipinski definition) is 9. The van der Waals surface area contributed by atoms with E-state index in [1.54, 1.807) is 23.1 Å². The number of nitrogen functional groups attached to an aromatic ring is 1. The molecular weight excluding hydrogens is 618 g/mol. The van der Waals surface area contributed by atoms with Gasteiger partial charge >= 0.3 is 0 Å². The number of amides is 3. The van der Waals surface area contributed by atoms with Crippen molar-refractivity contribution in [3.05, 3.63) is 65.2 Å². The van der Waals surface area contributed by atoms with Gasteiger partial charge in [0.25, 0.3) is 5.91 Å². The number of nitrogens with zero attached hydrogens (tertiary/aromatic N) is 5. The fourth-order valence-electron chi connectivity index (χ4n) is 8.68. The van der Waals surface area contributed by atoms with Crippen molar-refractivity contribution in [3.8, 4) is 28.8 Å². The summed E-state index contributed by atoms with van der Waals surface area (Å²) in [5.41, 5.74) is 11.1. The number of piperidine rings is 1. The predicted molar refractivity (Wildman–Crippen MR) is 184 cm³/mol. The Morgan fingerprint density at radius 3 is 2.45 bits per heavy atom. The standard InChI is InChI=1S/C38H41N7O4/c39-35-25(20-31(41-42-35)30-3-1-2-4-33(30)46)6-5-24-21-38(22-24)13-11-27(12-14-38)43-15-17-44(18-16-43)28-7-8-29-26(19-28)23-45(37(29)49)32-9-10-34(47)40-36(32)48/h1-4,7-8,19-20,24,27,32,46H,9-18,21-23H2,(H2,39,42)(H,40,47,48). The Balaban J connectivity index is 0.819. The van der Waals surface area contributed by atoms with Crippen LogP contribution in [0.2, 0.25) is 0 Å². The van der Waals surface area contributed by atoms with Gasteiger partial charge in [-0.05, 0) is 92.3 Å². The Kier molecular flexibility index (Phi) is 7.99. The predicted octanol–water partition coefficient (Wildman–Crippen LogP) is 3.71. The lowest BCUT2D eigenvalue weighted by Crippen LogP contribution is -2.52. The number of nitrogens with two attached hydrogens (primary N) is 1. The zero-order chi connectivity index (χ0) is 33.7. The summed E-state index contributed by atoms with van der Waals surface area (Å²) in [5, 5.41) is 20.8. The van der Waals surface area contributed by atoms with E-state index in [9.17, 15) is 19.5 Å². The quantitative estimate of drug-likeness (QED) is 0.282. The molecule has 4 fully saturated rings. The molecule has 11 heteroatoms. The van der Waals surface area contributed by atoms with Crippen molar-refractivity contribution in [1.29, 1.82) is 0 Å². The van der Waals surface area contributed by atoms with E-state index >= 15 is 0 Å². The lowest BCUT2D eigenvalue weighted by Gasteiger charge is -2.52. The Bertz CT molecular complexity index is 1880. The number of rotatable bonds is 4. The van der Waals surface area contributed by atoms with E-state index < -0.39 is 6.04 Å². The number of aromatic nitrogens is 2. The number of imide groups is 1. The molecule has 0 bridgehead atoms. The molecule has 11 nitrogen and oxygen atoms in total. The number of carbonyl (C=O) groups excluding carboxylic acids is 3. The second-order valence-electron chi connectivity index (χ2n) is 14.4. The number of nitrogens with one attached hydrogen (secondary N) is 1. The zero-order valence-corrected chi connectivity index (χ0v) is 27.5. The van der Waals surface area contributed by atoms with E-state index in [1.165, 1.54) is 25.7 Å². The molecule has 1 unspecified atom stereocenters. The molecule has 8 rings (SSSR count). The topological polar surface area (TPSA) is 145 Å². The van der Waals surface area contributed by atoms with Crippen molar-refractivity contribution in [2.75, 3.05) is 36.8 Å². The number of aromatic hydroxyl groups is 1. The van der Waals surface area contributed by atoms with Crippen molar-refractivity contribution in [3.63, 3.8) is 0 Å². The van der Waals surface area contributed by atoms with E-state index in [1.807, 2.05) is 24.3 Å². The number of carbonyl (C=O) groups is 3. The van der Waals surface area contributed by atoms with Gasteiger partial charge in [0.15, 0.2) is 5.82 Å². The molecule has 1 spiro atoms. The van der Waals surface area contributed by atoms with Gasteiger partial charge in [-0.25, -0.2) is 0 Å². The summed E-state index contributed by atoms with van der Waals surface area (Å²) in [6.07, 6.45) is 7.84. The van der Waals surface area contributed by atoms with Gasteiger partial charge in [-0.2, -0.15) is 0 Å². The summed E-state index contributed by atoms with van der Waals surface area (Å²) in [4.78, 5) is 43.8. The van der Waals surface area contributed by atoms with E-state index in [0.717, 1.165) is 50.3 Å². The summed E-state index contributed by atoms with van der Waals surface area (Å²) < 4.78 is 0. The normalized spacial score (nSPS) is 26.9. The van der Waals surface area contributed by atoms with Crippen LogP contribution in [0.25, 0.3) is 11.3 Å². The smallest absolute Gasteiger partial charge is 0.255 e. The van der Waals surface area contributed by atoms with Crippen LogP contribution in [0.4, 0.5) is 11.5 Å². The maximum atomic E-state index is 13.1. The molecular formula is C38H41N7O4. The number of benzene rings is 2. The number of para-hydroxylation sites is 1. The molecule has 0 radical (unpaired) electrons. The lowest BCUT2D eigenvalue weighted by molar-refractivity contribution is -0.136. The first kappa shape index (κ1) is 31.3. The summed E-state index contributed by atoms with van der Waals surface area (Å²) in [6, 6.07) is 14.9. The molecule has 1 aromatic heterocycles. The molecule has 3 aromatic rings. The van der Waals surface area contributed by atoms with Crippen LogP contribution in [-0.4, -0.2) is 81.1 Å². The first-order chi connectivity index (χ1) is 23.7. The van der Waals surface area contributed by atoms with Crippen LogP contribution in [0.3, 0.4) is 0 Å². The zero-order valence-electron chi connectivity index (χ0n) is 27.5. The second-order valence-corrected chi connectivity index (χ2v) is 14.4. The molecule has 2 saturated heterocycles. The number of piperazine rings is 1. The van der Waals surface area contributed by atoms with Crippen LogP contribution in [0.15, 0.2) is 48.5 Å². The Hall–Kier alpha value is -4.95. The van der Waals surface area contributed by atoms with Crippen LogP contribution < -0.4 is 16.0 Å². The fourth-order valence-corrected chi connectivity index (χ4v) is 8.68. The monoisotopic (exact) mass is 659 g/mol. The summed E-state index contributed by atoms with van der Waals surface area (Å²) in [5.74, 6) is 6.76. The Morgan fingerprint density at radius 1 is 0.918 bits per heavy atom. The minimum absolute atomic E-state index is 0.129. The van der Waals surface area contributed by atoms with Gasteiger partial charge < -0.3 is 20.6 Å². The van der Waals surface area contributed by atoms with Gasteiger partial charge in [-0.15, -0.1) is 10.2 Å². The van der Waals surface area contributed by atoms with Gasteiger partial charge in [-0.3, -0.25) is 24.6 Å². The number of hydrogen-bond donors (Lipinski definition) is 3. The van der Waals surface area contributed by atoms with Gasteiger partial charge in [-0.1, -0.05) is 24.0 Å². The maximum absolute atomic E-state index is 13.1. The molecule has 3 amide bonds. The van der Waals surface area contributed by atoms with E-state index in [-0.39, 0.29) is 29.9 Å². The van der Waals surface area contributed by atoms with Gasteiger partial charge in [0, 0.05) is 67.9 Å². The second kappa shape index (κ2) is 12.5. The third kappa shape index (κ3) is 5.99. The summed E-state index contributed by atoms with van der Waals surface area (Å²) in [6.45, 7) is 4.34. The molecule has 1 atom stereocenters. The molecule has 49 heavy (non-hydrogen) atoms. The Morgan fingerprint density at radius 2 is 1.69 bits per heavy atom.